The van der Waals surface area contributed by atoms with Crippen LogP contribution in [0.3, 0.4) is 0 Å². The van der Waals surface area contributed by atoms with E-state index in [0.29, 0.717) is 30.2 Å². The van der Waals surface area contributed by atoms with Gasteiger partial charge in [-0.3, -0.25) is 0 Å². The molecular formula is C31H49N5O5Si. The van der Waals surface area contributed by atoms with Crippen LogP contribution in [-0.4, -0.2) is 54.1 Å². The van der Waals surface area contributed by atoms with Crippen LogP contribution in [0.25, 0.3) is 11.3 Å². The number of amides is 1. The van der Waals surface area contributed by atoms with Gasteiger partial charge in [-0.2, -0.15) is 0 Å². The summed E-state index contributed by atoms with van der Waals surface area (Å²) < 4.78 is 13.6. The maximum Gasteiger partial charge on any atom is 0.408 e. The fraction of sp³-hybridized carbons (Fsp3) is 0.516. The van der Waals surface area contributed by atoms with Crippen molar-refractivity contribution in [3.63, 3.8) is 0 Å². The summed E-state index contributed by atoms with van der Waals surface area (Å²) in [6, 6.07) is 6.15. The summed E-state index contributed by atoms with van der Waals surface area (Å²) in [5.41, 5.74) is 3.46. The standard InChI is InChI=1S/C31H49N5O5Si/c1-10-12-26(35-30(37)41-31(4,5)6)29-34-28(20-36(29)22-39-17-18-42(7,8)9)25-15-14-24(33-21-40-38)19-27(25)32-16-11-13-23(2)3/h10,14-15,19-21,26,32,38H,1-2,11-13,16-18,22H2,3-9H3,(H,35,37). The molecule has 1 aromatic carbocycles. The lowest BCUT2D eigenvalue weighted by Gasteiger charge is -2.23. The first-order valence-electron chi connectivity index (χ1n) is 14.3. The minimum Gasteiger partial charge on any atom is -0.444 e. The summed E-state index contributed by atoms with van der Waals surface area (Å²) in [7, 11) is -1.27. The van der Waals surface area contributed by atoms with Crippen LogP contribution in [-0.2, 0) is 21.1 Å². The molecule has 10 nitrogen and oxygen atoms in total. The van der Waals surface area contributed by atoms with Gasteiger partial charge in [0.15, 0.2) is 0 Å². The van der Waals surface area contributed by atoms with Gasteiger partial charge in [-0.25, -0.2) is 20.0 Å². The zero-order chi connectivity index (χ0) is 31.3. The lowest BCUT2D eigenvalue weighted by Crippen LogP contribution is -2.36. The van der Waals surface area contributed by atoms with Gasteiger partial charge in [-0.1, -0.05) is 31.3 Å². The molecule has 0 bridgehead atoms. The fourth-order valence-corrected chi connectivity index (χ4v) is 4.76. The van der Waals surface area contributed by atoms with Crippen molar-refractivity contribution < 1.29 is 24.4 Å². The second-order valence-electron chi connectivity index (χ2n) is 12.6. The van der Waals surface area contributed by atoms with E-state index in [0.717, 1.165) is 48.7 Å². The molecule has 0 saturated carbocycles. The van der Waals surface area contributed by atoms with Gasteiger partial charge >= 0.3 is 6.09 Å². The third-order valence-electron chi connectivity index (χ3n) is 6.06. The molecule has 2 rings (SSSR count). The second-order valence-corrected chi connectivity index (χ2v) is 18.2. The van der Waals surface area contributed by atoms with Gasteiger partial charge in [0.2, 0.25) is 6.40 Å². The van der Waals surface area contributed by atoms with Crippen LogP contribution in [0, 0.1) is 0 Å². The highest BCUT2D eigenvalue weighted by Crippen LogP contribution is 2.33. The molecule has 232 valence electrons. The van der Waals surface area contributed by atoms with Crippen LogP contribution in [0.15, 0.2) is 54.2 Å². The van der Waals surface area contributed by atoms with E-state index in [2.05, 4.69) is 53.3 Å². The SMILES string of the molecule is C=CCC(NC(=O)OC(C)(C)C)c1nc(-c2ccc(N=COO)cc2NCCCC(=C)C)cn1COCC[Si](C)(C)C. The number of carbonyl (C=O) groups excluding carboxylic acids is 1. The Bertz CT molecular complexity index is 1210. The molecule has 1 heterocycles. The van der Waals surface area contributed by atoms with E-state index in [1.807, 2.05) is 56.7 Å². The van der Waals surface area contributed by atoms with Crippen molar-refractivity contribution in [2.75, 3.05) is 18.5 Å². The Kier molecular flexibility index (Phi) is 13.5. The van der Waals surface area contributed by atoms with Gasteiger partial charge in [0.25, 0.3) is 0 Å². The van der Waals surface area contributed by atoms with E-state index in [-0.39, 0.29) is 6.73 Å². The van der Waals surface area contributed by atoms with Crippen LogP contribution < -0.4 is 10.6 Å². The number of hydrogen-bond donors (Lipinski definition) is 3. The van der Waals surface area contributed by atoms with Crippen molar-refractivity contribution in [2.45, 2.75) is 91.0 Å². The molecule has 42 heavy (non-hydrogen) atoms. The lowest BCUT2D eigenvalue weighted by molar-refractivity contribution is -0.147. The highest BCUT2D eigenvalue weighted by atomic mass is 28.3. The van der Waals surface area contributed by atoms with Gasteiger partial charge in [0, 0.05) is 38.7 Å². The smallest absolute Gasteiger partial charge is 0.408 e. The quantitative estimate of drug-likeness (QED) is 0.0321. The number of aromatic nitrogens is 2. The predicted molar refractivity (Wildman–Crippen MR) is 173 cm³/mol. The molecule has 1 amide bonds. The average Bonchev–Trinajstić information content (AvgIpc) is 3.30. The Morgan fingerprint density at radius 3 is 2.64 bits per heavy atom. The zero-order valence-electron chi connectivity index (χ0n) is 26.3. The van der Waals surface area contributed by atoms with E-state index in [1.54, 1.807) is 6.08 Å². The number of allylic oxidation sites excluding steroid dienone is 1. The van der Waals surface area contributed by atoms with Crippen molar-refractivity contribution in [1.82, 2.24) is 14.9 Å². The summed E-state index contributed by atoms with van der Waals surface area (Å²) in [6.45, 7) is 24.0. The number of nitrogens with one attached hydrogen (secondary N) is 2. The number of nitrogens with zero attached hydrogens (tertiary/aromatic N) is 3. The molecule has 3 N–H and O–H groups in total. The first kappa shape index (κ1) is 34.8. The van der Waals surface area contributed by atoms with Gasteiger partial charge < -0.3 is 29.6 Å². The minimum absolute atomic E-state index is 0.286. The summed E-state index contributed by atoms with van der Waals surface area (Å²) in [5.74, 6) is 0.632. The number of rotatable bonds is 17. The van der Waals surface area contributed by atoms with Gasteiger partial charge in [-0.05, 0) is 71.2 Å². The van der Waals surface area contributed by atoms with Crippen LogP contribution >= 0.6 is 0 Å². The van der Waals surface area contributed by atoms with Crippen molar-refractivity contribution >= 4 is 31.9 Å². The average molecular weight is 600 g/mol. The van der Waals surface area contributed by atoms with Crippen LogP contribution in [0.5, 0.6) is 0 Å². The molecule has 0 spiro atoms. The Morgan fingerprint density at radius 1 is 1.29 bits per heavy atom. The molecule has 1 atom stereocenters. The number of anilines is 1. The Balaban J connectivity index is 2.50. The molecule has 0 radical (unpaired) electrons. The first-order valence-corrected chi connectivity index (χ1v) is 18.0. The zero-order valence-corrected chi connectivity index (χ0v) is 27.3. The molecule has 0 saturated heterocycles. The number of aliphatic imine (C=N–C) groups is 1. The maximum absolute atomic E-state index is 12.8. The first-order chi connectivity index (χ1) is 19.7. The van der Waals surface area contributed by atoms with E-state index in [9.17, 15) is 4.79 Å². The molecule has 2 aromatic rings. The van der Waals surface area contributed by atoms with Crippen LogP contribution in [0.4, 0.5) is 16.2 Å². The molecule has 1 unspecified atom stereocenters. The largest absolute Gasteiger partial charge is 0.444 e. The fourth-order valence-electron chi connectivity index (χ4n) is 4.01. The molecule has 0 aliphatic carbocycles. The van der Waals surface area contributed by atoms with Crippen molar-refractivity contribution in [3.8, 4) is 11.3 Å². The number of ether oxygens (including phenoxy) is 2. The Morgan fingerprint density at radius 2 is 2.02 bits per heavy atom. The molecule has 0 aliphatic heterocycles. The number of imidazole rings is 1. The van der Waals surface area contributed by atoms with E-state index >= 15 is 0 Å². The molecular weight excluding hydrogens is 550 g/mol. The minimum atomic E-state index is -1.27. The molecule has 11 heteroatoms. The van der Waals surface area contributed by atoms with Gasteiger partial charge in [-0.15, -0.1) is 13.2 Å². The lowest BCUT2D eigenvalue weighted by atomic mass is 10.1. The molecule has 0 aliphatic rings. The third kappa shape index (κ3) is 12.6. The number of benzene rings is 1. The van der Waals surface area contributed by atoms with E-state index in [4.69, 9.17) is 19.7 Å². The second kappa shape index (κ2) is 16.3. The summed E-state index contributed by atoms with van der Waals surface area (Å²) in [5, 5.41) is 15.2. The summed E-state index contributed by atoms with van der Waals surface area (Å²) >= 11 is 0. The summed E-state index contributed by atoms with van der Waals surface area (Å²) in [4.78, 5) is 25.9. The molecule has 1 aromatic heterocycles. The van der Waals surface area contributed by atoms with Crippen molar-refractivity contribution in [2.24, 2.45) is 4.99 Å². The Labute approximate surface area is 251 Å². The summed E-state index contributed by atoms with van der Waals surface area (Å²) in [6.07, 6.45) is 6.39. The topological polar surface area (TPSA) is 119 Å². The van der Waals surface area contributed by atoms with Crippen LogP contribution in [0.2, 0.25) is 25.7 Å². The Hall–Kier alpha value is -3.41. The maximum atomic E-state index is 12.8. The monoisotopic (exact) mass is 599 g/mol. The highest BCUT2D eigenvalue weighted by molar-refractivity contribution is 6.76. The van der Waals surface area contributed by atoms with Crippen LogP contribution in [0.1, 0.15) is 58.8 Å². The van der Waals surface area contributed by atoms with Crippen molar-refractivity contribution in [1.29, 1.82) is 0 Å². The number of carbonyl (C=O) groups is 1. The van der Waals surface area contributed by atoms with E-state index in [1.165, 1.54) is 0 Å². The van der Waals surface area contributed by atoms with Gasteiger partial charge in [0.05, 0.1) is 17.4 Å². The van der Waals surface area contributed by atoms with E-state index < -0.39 is 25.8 Å². The van der Waals surface area contributed by atoms with Crippen molar-refractivity contribution in [3.05, 3.63) is 55.0 Å². The van der Waals surface area contributed by atoms with Gasteiger partial charge in [0.1, 0.15) is 18.2 Å². The number of hydrogen-bond acceptors (Lipinski definition) is 8. The molecule has 0 fully saturated rings. The predicted octanol–water partition coefficient (Wildman–Crippen LogP) is 7.92. The number of alkyl carbamates (subject to hydrolysis) is 1. The normalized spacial score (nSPS) is 12.7. The third-order valence-corrected chi connectivity index (χ3v) is 7.77. The highest BCUT2D eigenvalue weighted by Gasteiger charge is 2.25.